The fraction of sp³-hybridized carbons (Fsp3) is 0.667. The molecule has 5 nitrogen and oxygen atoms in total. The second kappa shape index (κ2) is 5.66. The molecule has 0 bridgehead atoms. The maximum Gasteiger partial charge on any atom is 0.192 e. The van der Waals surface area contributed by atoms with Gasteiger partial charge in [-0.25, -0.2) is 9.97 Å². The van der Waals surface area contributed by atoms with Gasteiger partial charge in [0.15, 0.2) is 8.32 Å². The van der Waals surface area contributed by atoms with Gasteiger partial charge in [-0.05, 0) is 18.1 Å². The molecule has 1 heterocycles. The van der Waals surface area contributed by atoms with Gasteiger partial charge in [0.25, 0.3) is 0 Å². The Morgan fingerprint density at radius 3 is 2.56 bits per heavy atom. The molecule has 18 heavy (non-hydrogen) atoms. The molecule has 0 aliphatic heterocycles. The molecule has 0 amide bonds. The summed E-state index contributed by atoms with van der Waals surface area (Å²) >= 11 is 0. The van der Waals surface area contributed by atoms with Crippen LogP contribution in [0.1, 0.15) is 20.8 Å². The first-order chi connectivity index (χ1) is 8.22. The SMILES string of the molecule is CC(C)(C)[Si](C)(C)OCCNc1cc(N)ncn1. The number of nitrogens with two attached hydrogens (primary N) is 1. The third-order valence-electron chi connectivity index (χ3n) is 3.37. The van der Waals surface area contributed by atoms with Crippen LogP contribution in [0.2, 0.25) is 18.1 Å². The van der Waals surface area contributed by atoms with Crippen LogP contribution in [0.5, 0.6) is 0 Å². The zero-order valence-corrected chi connectivity index (χ0v) is 12.9. The lowest BCUT2D eigenvalue weighted by Crippen LogP contribution is -2.41. The molecular formula is C12H24N4OSi. The third kappa shape index (κ3) is 4.27. The number of nitrogens with zero attached hydrogens (tertiary/aromatic N) is 2. The Balaban J connectivity index is 2.35. The van der Waals surface area contributed by atoms with Gasteiger partial charge < -0.3 is 15.5 Å². The van der Waals surface area contributed by atoms with Gasteiger partial charge in [0.1, 0.15) is 18.0 Å². The van der Waals surface area contributed by atoms with E-state index >= 15 is 0 Å². The molecule has 0 saturated carbocycles. The van der Waals surface area contributed by atoms with Crippen molar-refractivity contribution in [1.82, 2.24) is 9.97 Å². The predicted molar refractivity (Wildman–Crippen MR) is 78.1 cm³/mol. The minimum atomic E-state index is -1.65. The monoisotopic (exact) mass is 268 g/mol. The highest BCUT2D eigenvalue weighted by Gasteiger charge is 2.36. The van der Waals surface area contributed by atoms with Gasteiger partial charge in [-0.2, -0.15) is 0 Å². The van der Waals surface area contributed by atoms with Crippen LogP contribution in [0.25, 0.3) is 0 Å². The molecule has 0 aromatic carbocycles. The van der Waals surface area contributed by atoms with Gasteiger partial charge >= 0.3 is 0 Å². The summed E-state index contributed by atoms with van der Waals surface area (Å²) in [7, 11) is -1.65. The van der Waals surface area contributed by atoms with Crippen molar-refractivity contribution in [3.05, 3.63) is 12.4 Å². The van der Waals surface area contributed by atoms with E-state index in [1.807, 2.05) is 0 Å². The predicted octanol–water partition coefficient (Wildman–Crippen LogP) is 2.49. The first-order valence-electron chi connectivity index (χ1n) is 6.18. The fourth-order valence-corrected chi connectivity index (χ4v) is 2.22. The lowest BCUT2D eigenvalue weighted by molar-refractivity contribution is 0.301. The van der Waals surface area contributed by atoms with Crippen molar-refractivity contribution in [2.75, 3.05) is 24.2 Å². The van der Waals surface area contributed by atoms with Crippen molar-refractivity contribution in [3.8, 4) is 0 Å². The van der Waals surface area contributed by atoms with Gasteiger partial charge in [-0.15, -0.1) is 0 Å². The normalized spacial score (nSPS) is 12.5. The topological polar surface area (TPSA) is 73.1 Å². The molecule has 6 heteroatoms. The number of hydrogen-bond donors (Lipinski definition) is 2. The average Bonchev–Trinajstić information content (AvgIpc) is 2.23. The van der Waals surface area contributed by atoms with Crippen molar-refractivity contribution in [2.45, 2.75) is 38.9 Å². The molecule has 102 valence electrons. The molecule has 0 aliphatic rings. The first-order valence-corrected chi connectivity index (χ1v) is 9.08. The van der Waals surface area contributed by atoms with Crippen molar-refractivity contribution >= 4 is 20.0 Å². The Kier molecular flexibility index (Phi) is 4.69. The van der Waals surface area contributed by atoms with Crippen molar-refractivity contribution < 1.29 is 4.43 Å². The molecule has 0 atom stereocenters. The molecule has 0 unspecified atom stereocenters. The largest absolute Gasteiger partial charge is 0.415 e. The van der Waals surface area contributed by atoms with Crippen molar-refractivity contribution in [2.24, 2.45) is 0 Å². The minimum Gasteiger partial charge on any atom is -0.415 e. The van der Waals surface area contributed by atoms with Gasteiger partial charge in [-0.3, -0.25) is 0 Å². The lowest BCUT2D eigenvalue weighted by atomic mass is 10.2. The summed E-state index contributed by atoms with van der Waals surface area (Å²) in [5, 5.41) is 3.42. The van der Waals surface area contributed by atoms with E-state index in [1.165, 1.54) is 6.33 Å². The van der Waals surface area contributed by atoms with E-state index in [4.69, 9.17) is 10.2 Å². The highest BCUT2D eigenvalue weighted by molar-refractivity contribution is 6.74. The maximum atomic E-state index is 6.05. The summed E-state index contributed by atoms with van der Waals surface area (Å²) in [6.07, 6.45) is 1.45. The van der Waals surface area contributed by atoms with Gasteiger partial charge in [0.2, 0.25) is 0 Å². The summed E-state index contributed by atoms with van der Waals surface area (Å²) < 4.78 is 6.05. The van der Waals surface area contributed by atoms with Crippen LogP contribution >= 0.6 is 0 Å². The molecule has 1 aromatic heterocycles. The molecule has 0 aliphatic carbocycles. The van der Waals surface area contributed by atoms with Crippen LogP contribution < -0.4 is 11.1 Å². The van der Waals surface area contributed by atoms with Gasteiger partial charge in [0.05, 0.1) is 6.61 Å². The van der Waals surface area contributed by atoms with E-state index in [1.54, 1.807) is 6.07 Å². The summed E-state index contributed by atoms with van der Waals surface area (Å²) in [6.45, 7) is 12.6. The summed E-state index contributed by atoms with van der Waals surface area (Å²) in [6, 6.07) is 1.71. The number of nitrogen functional groups attached to an aromatic ring is 1. The van der Waals surface area contributed by atoms with E-state index in [0.717, 1.165) is 12.4 Å². The summed E-state index contributed by atoms with van der Waals surface area (Å²) in [5.74, 6) is 1.21. The first kappa shape index (κ1) is 14.9. The second-order valence-corrected chi connectivity index (χ2v) is 10.7. The Morgan fingerprint density at radius 2 is 2.00 bits per heavy atom. The van der Waals surface area contributed by atoms with Crippen molar-refractivity contribution in [3.63, 3.8) is 0 Å². The third-order valence-corrected chi connectivity index (χ3v) is 7.90. The zero-order chi connectivity index (χ0) is 13.8. The summed E-state index contributed by atoms with van der Waals surface area (Å²) in [4.78, 5) is 7.92. The fourth-order valence-electron chi connectivity index (χ4n) is 1.17. The van der Waals surface area contributed by atoms with E-state index in [0.29, 0.717) is 12.4 Å². The standard InChI is InChI=1S/C12H24N4OSi/c1-12(2,3)18(4,5)17-7-6-14-11-8-10(13)15-9-16-11/h8-9H,6-7H2,1-5H3,(H3,13,14,15,16). The molecule has 0 fully saturated rings. The molecular weight excluding hydrogens is 244 g/mol. The molecule has 1 aromatic rings. The second-order valence-electron chi connectivity index (χ2n) is 5.86. The van der Waals surface area contributed by atoms with E-state index in [-0.39, 0.29) is 5.04 Å². The van der Waals surface area contributed by atoms with E-state index in [9.17, 15) is 0 Å². The van der Waals surface area contributed by atoms with E-state index < -0.39 is 8.32 Å². The molecule has 1 rings (SSSR count). The van der Waals surface area contributed by atoms with Gasteiger partial charge in [-0.1, -0.05) is 20.8 Å². The highest BCUT2D eigenvalue weighted by Crippen LogP contribution is 2.36. The van der Waals surface area contributed by atoms with Gasteiger partial charge in [0, 0.05) is 12.6 Å². The zero-order valence-electron chi connectivity index (χ0n) is 11.9. The number of nitrogens with one attached hydrogen (secondary N) is 1. The molecule has 0 saturated heterocycles. The Bertz CT molecular complexity index is 390. The van der Waals surface area contributed by atoms with Crippen molar-refractivity contribution in [1.29, 1.82) is 0 Å². The molecule has 0 radical (unpaired) electrons. The highest BCUT2D eigenvalue weighted by atomic mass is 28.4. The van der Waals surface area contributed by atoms with E-state index in [2.05, 4.69) is 49.1 Å². The molecule has 0 spiro atoms. The Labute approximate surface area is 110 Å². The van der Waals surface area contributed by atoms with Crippen LogP contribution in [0, 0.1) is 0 Å². The van der Waals surface area contributed by atoms with Crippen LogP contribution in [0.4, 0.5) is 11.6 Å². The Morgan fingerprint density at radius 1 is 1.33 bits per heavy atom. The molecule has 3 N–H and O–H groups in total. The maximum absolute atomic E-state index is 6.05. The number of rotatable bonds is 5. The summed E-state index contributed by atoms with van der Waals surface area (Å²) in [5.41, 5.74) is 5.57. The van der Waals surface area contributed by atoms with Crippen LogP contribution in [0.15, 0.2) is 12.4 Å². The lowest BCUT2D eigenvalue weighted by Gasteiger charge is -2.36. The Hall–Kier alpha value is -1.14. The van der Waals surface area contributed by atoms with Crippen LogP contribution in [-0.4, -0.2) is 31.4 Å². The quantitative estimate of drug-likeness (QED) is 0.634. The smallest absolute Gasteiger partial charge is 0.192 e. The number of hydrogen-bond acceptors (Lipinski definition) is 5. The average molecular weight is 268 g/mol. The van der Waals surface area contributed by atoms with Crippen LogP contribution in [-0.2, 0) is 4.43 Å². The number of aromatic nitrogens is 2. The van der Waals surface area contributed by atoms with Crippen LogP contribution in [0.3, 0.4) is 0 Å². The number of anilines is 2. The minimum absolute atomic E-state index is 0.242.